The van der Waals surface area contributed by atoms with Gasteiger partial charge in [-0.2, -0.15) is 8.78 Å². The van der Waals surface area contributed by atoms with E-state index in [9.17, 15) is 26.3 Å². The number of benzene rings is 3. The van der Waals surface area contributed by atoms with Gasteiger partial charge >= 0.3 is 0 Å². The van der Waals surface area contributed by atoms with Crippen LogP contribution in [0.25, 0.3) is 28.0 Å². The largest absolute Gasteiger partial charge is 0.271 e. The molecule has 164 valence electrons. The SMILES string of the molecule is CCCCCCCc1cc(F)c(-c2ccc3c(F)c(C=C(F)F)c(F)cc3c2)c(F)c1. The molecule has 0 N–H and O–H groups in total. The van der Waals surface area contributed by atoms with Crippen LogP contribution in [0.15, 0.2) is 42.5 Å². The molecule has 0 aliphatic rings. The second-order valence-corrected chi connectivity index (χ2v) is 7.55. The van der Waals surface area contributed by atoms with Crippen molar-refractivity contribution in [3.63, 3.8) is 0 Å². The van der Waals surface area contributed by atoms with Gasteiger partial charge in [-0.05, 0) is 53.6 Å². The van der Waals surface area contributed by atoms with E-state index in [1.807, 2.05) is 0 Å². The van der Waals surface area contributed by atoms with Gasteiger partial charge in [0.2, 0.25) is 0 Å². The third-order valence-corrected chi connectivity index (χ3v) is 5.28. The highest BCUT2D eigenvalue weighted by molar-refractivity contribution is 5.90. The minimum absolute atomic E-state index is 0.0164. The summed E-state index contributed by atoms with van der Waals surface area (Å²) in [5.74, 6) is -3.87. The second kappa shape index (κ2) is 10.0. The Morgan fingerprint density at radius 3 is 2.13 bits per heavy atom. The Kier molecular flexibility index (Phi) is 7.42. The van der Waals surface area contributed by atoms with Crippen molar-refractivity contribution in [2.24, 2.45) is 0 Å². The second-order valence-electron chi connectivity index (χ2n) is 7.55. The molecule has 0 unspecified atom stereocenters. The standard InChI is InChI=1S/C25H22F6/c1-2-3-4-5-6-7-15-10-21(27)24(22(28)11-15)16-8-9-18-17(12-16)13-20(26)19(25(18)31)14-23(29)30/h8-14H,2-7H2,1H3. The minimum atomic E-state index is -2.23. The lowest BCUT2D eigenvalue weighted by Gasteiger charge is -2.11. The molecule has 0 amide bonds. The Balaban J connectivity index is 1.93. The molecule has 3 aromatic carbocycles. The number of halogens is 6. The molecule has 0 fully saturated rings. The summed E-state index contributed by atoms with van der Waals surface area (Å²) in [7, 11) is 0. The highest BCUT2D eigenvalue weighted by Gasteiger charge is 2.17. The van der Waals surface area contributed by atoms with Crippen molar-refractivity contribution >= 4 is 16.8 Å². The van der Waals surface area contributed by atoms with Crippen LogP contribution >= 0.6 is 0 Å². The van der Waals surface area contributed by atoms with E-state index in [1.165, 1.54) is 30.3 Å². The molecule has 3 aromatic rings. The predicted octanol–water partition coefficient (Wildman–Crippen LogP) is 8.81. The molecule has 0 nitrogen and oxygen atoms in total. The number of fused-ring (bicyclic) bond motifs is 1. The average Bonchev–Trinajstić information content (AvgIpc) is 2.70. The maximum atomic E-state index is 14.7. The van der Waals surface area contributed by atoms with Gasteiger partial charge in [-0.3, -0.25) is 0 Å². The number of unbranched alkanes of at least 4 members (excludes halogenated alkanes) is 4. The Morgan fingerprint density at radius 1 is 0.806 bits per heavy atom. The fourth-order valence-electron chi connectivity index (χ4n) is 3.72. The zero-order chi connectivity index (χ0) is 22.5. The van der Waals surface area contributed by atoms with Gasteiger partial charge in [0.1, 0.15) is 23.3 Å². The number of hydrogen-bond acceptors (Lipinski definition) is 0. The van der Waals surface area contributed by atoms with Gasteiger partial charge in [0.25, 0.3) is 6.08 Å². The van der Waals surface area contributed by atoms with Crippen LogP contribution in [0.1, 0.15) is 50.2 Å². The van der Waals surface area contributed by atoms with Crippen LogP contribution in [0.5, 0.6) is 0 Å². The monoisotopic (exact) mass is 436 g/mol. The fraction of sp³-hybridized carbons (Fsp3) is 0.280. The smallest absolute Gasteiger partial charge is 0.206 e. The van der Waals surface area contributed by atoms with Gasteiger partial charge in [-0.15, -0.1) is 0 Å². The molecule has 0 radical (unpaired) electrons. The quantitative estimate of drug-likeness (QED) is 0.244. The van der Waals surface area contributed by atoms with Crippen molar-refractivity contribution < 1.29 is 26.3 Å². The first kappa shape index (κ1) is 22.9. The van der Waals surface area contributed by atoms with Gasteiger partial charge in [0.05, 0.1) is 11.1 Å². The lowest BCUT2D eigenvalue weighted by atomic mass is 9.96. The van der Waals surface area contributed by atoms with Gasteiger partial charge in [-0.25, -0.2) is 17.6 Å². The zero-order valence-corrected chi connectivity index (χ0v) is 17.1. The summed E-state index contributed by atoms with van der Waals surface area (Å²) in [4.78, 5) is 0. The Bertz CT molecular complexity index is 1090. The van der Waals surface area contributed by atoms with E-state index in [-0.39, 0.29) is 28.0 Å². The highest BCUT2D eigenvalue weighted by Crippen LogP contribution is 2.33. The molecule has 0 heterocycles. The third kappa shape index (κ3) is 5.30. The summed E-state index contributed by atoms with van der Waals surface area (Å²) >= 11 is 0. The summed E-state index contributed by atoms with van der Waals surface area (Å²) in [6, 6.07) is 7.16. The molecule has 3 rings (SSSR count). The number of hydrogen-bond donors (Lipinski definition) is 0. The van der Waals surface area contributed by atoms with Gasteiger partial charge < -0.3 is 0 Å². The molecule has 31 heavy (non-hydrogen) atoms. The van der Waals surface area contributed by atoms with Crippen LogP contribution in [0.3, 0.4) is 0 Å². The van der Waals surface area contributed by atoms with Crippen molar-refractivity contribution in [2.45, 2.75) is 45.4 Å². The molecule has 0 bridgehead atoms. The topological polar surface area (TPSA) is 0 Å². The summed E-state index contributed by atoms with van der Waals surface area (Å²) in [6.45, 7) is 2.11. The van der Waals surface area contributed by atoms with Crippen LogP contribution in [0.4, 0.5) is 26.3 Å². The van der Waals surface area contributed by atoms with E-state index in [0.717, 1.165) is 38.2 Å². The van der Waals surface area contributed by atoms with Crippen molar-refractivity contribution in [3.05, 3.63) is 76.9 Å². The molecule has 0 saturated heterocycles. The molecule has 6 heteroatoms. The maximum absolute atomic E-state index is 14.7. The lowest BCUT2D eigenvalue weighted by Crippen LogP contribution is -1.96. The summed E-state index contributed by atoms with van der Waals surface area (Å²) in [5.41, 5.74) is -0.495. The first-order valence-corrected chi connectivity index (χ1v) is 10.2. The van der Waals surface area contributed by atoms with Crippen molar-refractivity contribution in [3.8, 4) is 11.1 Å². The summed E-state index contributed by atoms with van der Waals surface area (Å²) < 4.78 is 82.9. The van der Waals surface area contributed by atoms with Gasteiger partial charge in [0, 0.05) is 11.5 Å². The van der Waals surface area contributed by atoms with Gasteiger partial charge in [0.15, 0.2) is 0 Å². The summed E-state index contributed by atoms with van der Waals surface area (Å²) in [6.07, 6.45) is 3.59. The van der Waals surface area contributed by atoms with E-state index in [2.05, 4.69) is 6.92 Å². The minimum Gasteiger partial charge on any atom is -0.206 e. The zero-order valence-electron chi connectivity index (χ0n) is 17.1. The predicted molar refractivity (Wildman–Crippen MR) is 112 cm³/mol. The summed E-state index contributed by atoms with van der Waals surface area (Å²) in [5, 5.41) is -0.107. The molecular formula is C25H22F6. The van der Waals surface area contributed by atoms with E-state index < -0.39 is 34.9 Å². The van der Waals surface area contributed by atoms with Crippen LogP contribution < -0.4 is 0 Å². The van der Waals surface area contributed by atoms with Crippen LogP contribution in [-0.4, -0.2) is 0 Å². The Labute approximate surface area is 177 Å². The Hall–Kier alpha value is -2.76. The Morgan fingerprint density at radius 2 is 1.48 bits per heavy atom. The van der Waals surface area contributed by atoms with Crippen molar-refractivity contribution in [1.82, 2.24) is 0 Å². The van der Waals surface area contributed by atoms with Gasteiger partial charge in [-0.1, -0.05) is 44.7 Å². The van der Waals surface area contributed by atoms with Crippen molar-refractivity contribution in [2.75, 3.05) is 0 Å². The van der Waals surface area contributed by atoms with Crippen molar-refractivity contribution in [1.29, 1.82) is 0 Å². The fourth-order valence-corrected chi connectivity index (χ4v) is 3.72. The molecule has 0 spiro atoms. The maximum Gasteiger partial charge on any atom is 0.271 e. The third-order valence-electron chi connectivity index (χ3n) is 5.28. The number of rotatable bonds is 8. The lowest BCUT2D eigenvalue weighted by molar-refractivity contribution is 0.428. The molecule has 0 saturated carbocycles. The van der Waals surface area contributed by atoms with Crippen LogP contribution in [-0.2, 0) is 6.42 Å². The number of aryl methyl sites for hydroxylation is 1. The molecule has 0 aliphatic carbocycles. The van der Waals surface area contributed by atoms with Crippen LogP contribution in [0.2, 0.25) is 0 Å². The van der Waals surface area contributed by atoms with E-state index in [0.29, 0.717) is 12.0 Å². The van der Waals surface area contributed by atoms with Crippen LogP contribution in [0, 0.1) is 23.3 Å². The molecule has 0 aliphatic heterocycles. The first-order valence-electron chi connectivity index (χ1n) is 10.2. The molecular weight excluding hydrogens is 414 g/mol. The highest BCUT2D eigenvalue weighted by atomic mass is 19.3. The first-order chi connectivity index (χ1) is 14.8. The van der Waals surface area contributed by atoms with E-state index in [4.69, 9.17) is 0 Å². The van der Waals surface area contributed by atoms with E-state index >= 15 is 0 Å². The molecule has 0 atom stereocenters. The average molecular weight is 436 g/mol. The normalized spacial score (nSPS) is 11.2. The van der Waals surface area contributed by atoms with E-state index in [1.54, 1.807) is 0 Å². The molecule has 0 aromatic heterocycles.